The lowest BCUT2D eigenvalue weighted by Gasteiger charge is -2.42. The number of benzene rings is 2. The molecule has 1 spiro atoms. The van der Waals surface area contributed by atoms with Crippen LogP contribution in [-0.4, -0.2) is 104 Å². The minimum absolute atomic E-state index is 0.0328. The first-order valence-electron chi connectivity index (χ1n) is 22.5. The van der Waals surface area contributed by atoms with Crippen LogP contribution < -0.4 is 24.7 Å². The highest BCUT2D eigenvalue weighted by Crippen LogP contribution is 2.57. The van der Waals surface area contributed by atoms with Crippen molar-refractivity contribution in [2.24, 2.45) is 11.3 Å². The first-order valence-corrected chi connectivity index (χ1v) is 24.7. The van der Waals surface area contributed by atoms with Crippen LogP contribution in [0.1, 0.15) is 110 Å². The summed E-state index contributed by atoms with van der Waals surface area (Å²) in [5.41, 5.74) is 2.11. The third-order valence-electron chi connectivity index (χ3n) is 13.8. The average Bonchev–Trinajstić information content (AvgIpc) is 3.65. The number of rotatable bonds is 16. The van der Waals surface area contributed by atoms with Crippen LogP contribution >= 0.6 is 0 Å². The van der Waals surface area contributed by atoms with E-state index in [9.17, 15) is 29.1 Å². The Morgan fingerprint density at radius 2 is 1.63 bits per heavy atom. The number of nitrogens with one attached hydrogen (secondary N) is 2. The Kier molecular flexibility index (Phi) is 14.5. The van der Waals surface area contributed by atoms with E-state index in [1.54, 1.807) is 41.3 Å². The van der Waals surface area contributed by atoms with E-state index in [1.165, 1.54) is 23.0 Å². The van der Waals surface area contributed by atoms with Gasteiger partial charge in [0.2, 0.25) is 11.8 Å². The monoisotopic (exact) mass is 889 g/mol. The number of aliphatic hydroxyl groups excluding tert-OH is 1. The zero-order valence-corrected chi connectivity index (χ0v) is 39.4. The van der Waals surface area contributed by atoms with Crippen molar-refractivity contribution in [3.8, 4) is 11.5 Å². The van der Waals surface area contributed by atoms with Crippen molar-refractivity contribution in [2.45, 2.75) is 141 Å². The molecule has 3 heterocycles. The van der Waals surface area contributed by atoms with Crippen molar-refractivity contribution in [1.29, 1.82) is 0 Å². The van der Waals surface area contributed by atoms with Crippen molar-refractivity contribution in [3.05, 3.63) is 60.2 Å². The van der Waals surface area contributed by atoms with Crippen LogP contribution in [0.15, 0.2) is 49.1 Å². The molecule has 344 valence electrons. The van der Waals surface area contributed by atoms with Crippen LogP contribution in [0.2, 0.25) is 16.6 Å². The van der Waals surface area contributed by atoms with Crippen LogP contribution in [0.5, 0.6) is 11.5 Å². The normalized spacial score (nSPS) is 21.1. The van der Waals surface area contributed by atoms with Crippen molar-refractivity contribution >= 4 is 49.6 Å². The lowest BCUT2D eigenvalue weighted by molar-refractivity contribution is -0.130. The number of methoxy groups -OCH3 is 1. The Morgan fingerprint density at radius 1 is 0.968 bits per heavy atom. The fourth-order valence-electron chi connectivity index (χ4n) is 10.0. The molecule has 15 nitrogen and oxygen atoms in total. The summed E-state index contributed by atoms with van der Waals surface area (Å²) in [4.78, 5) is 72.7. The van der Waals surface area contributed by atoms with E-state index >= 15 is 0 Å². The molecule has 1 saturated carbocycles. The maximum Gasteiger partial charge on any atom is 0.416 e. The molecule has 3 N–H and O–H groups in total. The molecular formula is C47H67N5O10Si. The number of aliphatic hydroxyl groups is 1. The molecule has 0 aromatic heterocycles. The molecule has 2 saturated heterocycles. The second kappa shape index (κ2) is 19.3. The molecule has 4 aliphatic rings. The lowest BCUT2D eigenvalue weighted by atomic mass is 9.97. The third kappa shape index (κ3) is 9.57. The van der Waals surface area contributed by atoms with Gasteiger partial charge in [0.05, 0.1) is 24.4 Å². The molecule has 5 amide bonds. The van der Waals surface area contributed by atoms with Crippen LogP contribution in [0.3, 0.4) is 0 Å². The van der Waals surface area contributed by atoms with Gasteiger partial charge in [0.15, 0.2) is 12.0 Å². The molecule has 3 fully saturated rings. The summed E-state index contributed by atoms with van der Waals surface area (Å²) in [5.74, 6) is -0.540. The quantitative estimate of drug-likeness (QED) is 0.111. The fourth-order valence-corrected chi connectivity index (χ4v) is 15.3. The number of ether oxygens (including phenoxy) is 3. The lowest BCUT2D eigenvalue weighted by Crippen LogP contribution is -2.54. The Balaban J connectivity index is 1.20. The highest BCUT2D eigenvalue weighted by atomic mass is 28.4. The van der Waals surface area contributed by atoms with Gasteiger partial charge in [-0.25, -0.2) is 14.5 Å². The van der Waals surface area contributed by atoms with Gasteiger partial charge in [0, 0.05) is 24.8 Å². The summed E-state index contributed by atoms with van der Waals surface area (Å²) in [6.45, 7) is 21.1. The molecule has 0 radical (unpaired) electrons. The SMILES string of the molecule is C=CCOC(=O)N1CCC[C@H]1C(=O)N[C@H](C(=O)Nc1ccc(COC(=O)N2c3cc(O[Si](C(C)C)(C(C)C)C(C)C)c(OC)cc3C(=O)N3CC4(CC4)C[C@H]3C2O)cc1)C(C)CC. The summed E-state index contributed by atoms with van der Waals surface area (Å²) in [6, 6.07) is 7.81. The smallest absolute Gasteiger partial charge is 0.416 e. The van der Waals surface area contributed by atoms with Gasteiger partial charge >= 0.3 is 12.2 Å². The van der Waals surface area contributed by atoms with Crippen molar-refractivity contribution in [3.63, 3.8) is 0 Å². The van der Waals surface area contributed by atoms with Gasteiger partial charge in [-0.15, -0.1) is 0 Å². The summed E-state index contributed by atoms with van der Waals surface area (Å²) in [7, 11) is -1.00. The minimum atomic E-state index is -2.54. The Morgan fingerprint density at radius 3 is 2.22 bits per heavy atom. The molecule has 63 heavy (non-hydrogen) atoms. The second-order valence-corrected chi connectivity index (χ2v) is 24.1. The molecule has 2 aromatic carbocycles. The van der Waals surface area contributed by atoms with E-state index in [2.05, 4.69) is 58.8 Å². The third-order valence-corrected chi connectivity index (χ3v) is 19.8. The zero-order valence-electron chi connectivity index (χ0n) is 38.4. The van der Waals surface area contributed by atoms with Crippen LogP contribution in [0.25, 0.3) is 0 Å². The van der Waals surface area contributed by atoms with Gasteiger partial charge in [-0.05, 0) is 83.8 Å². The van der Waals surface area contributed by atoms with E-state index < -0.39 is 56.7 Å². The molecule has 3 aliphatic heterocycles. The number of carbonyl (C=O) groups is 5. The van der Waals surface area contributed by atoms with E-state index in [1.807, 2.05) is 13.8 Å². The van der Waals surface area contributed by atoms with Crippen molar-refractivity contribution in [1.82, 2.24) is 15.1 Å². The molecule has 2 aromatic rings. The predicted molar refractivity (Wildman–Crippen MR) is 242 cm³/mol. The highest BCUT2D eigenvalue weighted by Gasteiger charge is 2.58. The second-order valence-electron chi connectivity index (χ2n) is 18.8. The van der Waals surface area contributed by atoms with E-state index in [0.29, 0.717) is 61.5 Å². The van der Waals surface area contributed by atoms with Gasteiger partial charge in [-0.1, -0.05) is 86.6 Å². The number of hydrogen-bond acceptors (Lipinski definition) is 10. The van der Waals surface area contributed by atoms with E-state index in [4.69, 9.17) is 18.6 Å². The fraction of sp³-hybridized carbons (Fsp3) is 0.596. The zero-order chi connectivity index (χ0) is 46.0. The molecule has 5 atom stereocenters. The number of amides is 5. The number of carbonyl (C=O) groups excluding carboxylic acids is 5. The van der Waals surface area contributed by atoms with E-state index in [-0.39, 0.29) is 58.3 Å². The molecular weight excluding hydrogens is 823 g/mol. The summed E-state index contributed by atoms with van der Waals surface area (Å²) >= 11 is 0. The Bertz CT molecular complexity index is 2020. The summed E-state index contributed by atoms with van der Waals surface area (Å²) in [6.07, 6.45) is 2.84. The maximum atomic E-state index is 14.4. The topological polar surface area (TPSA) is 176 Å². The minimum Gasteiger partial charge on any atom is -0.540 e. The maximum absolute atomic E-state index is 14.4. The van der Waals surface area contributed by atoms with Gasteiger partial charge in [0.25, 0.3) is 14.2 Å². The van der Waals surface area contributed by atoms with Crippen molar-refractivity contribution < 1.29 is 47.7 Å². The largest absolute Gasteiger partial charge is 0.540 e. The molecule has 0 bridgehead atoms. The van der Waals surface area contributed by atoms with Crippen LogP contribution in [0, 0.1) is 11.3 Å². The first kappa shape index (κ1) is 47.4. The average molecular weight is 890 g/mol. The van der Waals surface area contributed by atoms with Gasteiger partial charge < -0.3 is 39.3 Å². The standard InChI is InChI=1S/C47H67N5O10Si/c1-11-22-60-45(57)50-21-13-14-35(50)41(53)49-40(31(9)12-2)42(54)48-33-17-15-32(16-18-33)26-61-46(58)52-36-24-39(62-63(28(3)4,29(5)6)30(7)8)38(59-10)23-34(36)43(55)51-27-47(19-20-47)25-37(51)44(52)56/h11,15-18,23-24,28-31,35,37,40,44,56H,1,12-14,19-22,25-27H2,2-10H3,(H,48,54)(H,49,53)/t31?,35-,37-,40-,44?/m0/s1. The van der Waals surface area contributed by atoms with Crippen molar-refractivity contribution in [2.75, 3.05) is 37.0 Å². The number of fused-ring (bicyclic) bond motifs is 2. The van der Waals surface area contributed by atoms with Gasteiger partial charge in [-0.2, -0.15) is 0 Å². The van der Waals surface area contributed by atoms with E-state index in [0.717, 1.165) is 12.8 Å². The highest BCUT2D eigenvalue weighted by molar-refractivity contribution is 6.78. The summed E-state index contributed by atoms with van der Waals surface area (Å²) < 4.78 is 24.0. The molecule has 2 unspecified atom stereocenters. The Hall–Kier alpha value is -5.09. The number of hydrogen-bond donors (Lipinski definition) is 3. The number of likely N-dealkylation sites (tertiary alicyclic amines) is 1. The Labute approximate surface area is 372 Å². The first-order chi connectivity index (χ1) is 29.9. The number of nitrogens with zero attached hydrogens (tertiary/aromatic N) is 3. The summed E-state index contributed by atoms with van der Waals surface area (Å²) in [5, 5.41) is 17.9. The predicted octanol–water partition coefficient (Wildman–Crippen LogP) is 7.98. The molecule has 1 aliphatic carbocycles. The van der Waals surface area contributed by atoms with Gasteiger partial charge in [-0.3, -0.25) is 19.3 Å². The molecule has 16 heteroatoms. The van der Waals surface area contributed by atoms with Gasteiger partial charge in [0.1, 0.15) is 31.0 Å². The van der Waals surface area contributed by atoms with Crippen LogP contribution in [-0.2, 0) is 25.7 Å². The number of anilines is 2. The van der Waals surface area contributed by atoms with Crippen LogP contribution in [0.4, 0.5) is 21.0 Å². The molecule has 6 rings (SSSR count).